The van der Waals surface area contributed by atoms with Crippen LogP contribution in [0, 0.1) is 11.8 Å². The second-order valence-electron chi connectivity index (χ2n) is 6.39. The molecule has 0 spiro atoms. The van der Waals surface area contributed by atoms with Gasteiger partial charge in [-0.15, -0.1) is 0 Å². The van der Waals surface area contributed by atoms with Gasteiger partial charge in [-0.25, -0.2) is 0 Å². The van der Waals surface area contributed by atoms with E-state index >= 15 is 0 Å². The van der Waals surface area contributed by atoms with Gasteiger partial charge in [-0.2, -0.15) is 0 Å². The molecule has 0 aromatic heterocycles. The van der Waals surface area contributed by atoms with Gasteiger partial charge in [-0.3, -0.25) is 4.79 Å². The van der Waals surface area contributed by atoms with Crippen LogP contribution in [0.25, 0.3) is 0 Å². The van der Waals surface area contributed by atoms with Crippen LogP contribution in [-0.4, -0.2) is 56.2 Å². The van der Waals surface area contributed by atoms with E-state index in [1.165, 1.54) is 0 Å². The van der Waals surface area contributed by atoms with Gasteiger partial charge in [-0.05, 0) is 51.1 Å². The molecule has 1 unspecified atom stereocenters. The Hall–Kier alpha value is -0.650. The summed E-state index contributed by atoms with van der Waals surface area (Å²) in [5, 5.41) is 3.38. The Morgan fingerprint density at radius 3 is 2.50 bits per heavy atom. The third-order valence-corrected chi connectivity index (χ3v) is 4.64. The Balaban J connectivity index is 1.93. The number of primary amides is 1. The Kier molecular flexibility index (Phi) is 5.41. The van der Waals surface area contributed by atoms with E-state index in [9.17, 15) is 4.79 Å². The summed E-state index contributed by atoms with van der Waals surface area (Å²) < 4.78 is 5.40. The molecule has 5 heteroatoms. The highest BCUT2D eigenvalue weighted by molar-refractivity contribution is 5.86. The number of hydrogen-bond acceptors (Lipinski definition) is 4. The minimum Gasteiger partial charge on any atom is -0.381 e. The van der Waals surface area contributed by atoms with E-state index in [1.807, 2.05) is 6.92 Å². The molecule has 1 heterocycles. The molecule has 1 atom stereocenters. The standard InChI is InChI=1S/C15H29N3O2/c1-3-17-15(14(16)19,13-4-5-13)11-18(2)10-12-6-8-20-9-7-12/h12-13,17H,3-11H2,1-2H3,(H2,16,19). The summed E-state index contributed by atoms with van der Waals surface area (Å²) in [6.07, 6.45) is 4.47. The number of rotatable bonds is 8. The average Bonchev–Trinajstić information content (AvgIpc) is 3.23. The van der Waals surface area contributed by atoms with Gasteiger partial charge in [0.1, 0.15) is 5.54 Å². The van der Waals surface area contributed by atoms with Crippen LogP contribution in [-0.2, 0) is 9.53 Å². The van der Waals surface area contributed by atoms with Crippen LogP contribution in [0.15, 0.2) is 0 Å². The highest BCUT2D eigenvalue weighted by Crippen LogP contribution is 2.40. The lowest BCUT2D eigenvalue weighted by atomic mass is 9.90. The fraction of sp³-hybridized carbons (Fsp3) is 0.933. The first-order chi connectivity index (χ1) is 9.58. The molecule has 20 heavy (non-hydrogen) atoms. The quantitative estimate of drug-likeness (QED) is 0.684. The topological polar surface area (TPSA) is 67.6 Å². The predicted molar refractivity (Wildman–Crippen MR) is 79.4 cm³/mol. The third-order valence-electron chi connectivity index (χ3n) is 4.64. The van der Waals surface area contributed by atoms with Crippen molar-refractivity contribution in [2.75, 3.05) is 39.9 Å². The Morgan fingerprint density at radius 2 is 2.00 bits per heavy atom. The van der Waals surface area contributed by atoms with Crippen LogP contribution in [0.3, 0.4) is 0 Å². The molecule has 116 valence electrons. The Labute approximate surface area is 122 Å². The van der Waals surface area contributed by atoms with Gasteiger partial charge in [0.15, 0.2) is 0 Å². The van der Waals surface area contributed by atoms with Crippen LogP contribution in [0.4, 0.5) is 0 Å². The molecule has 1 amide bonds. The van der Waals surface area contributed by atoms with Crippen molar-refractivity contribution < 1.29 is 9.53 Å². The predicted octanol–water partition coefficient (Wildman–Crippen LogP) is 0.588. The summed E-state index contributed by atoms with van der Waals surface area (Å²) in [5.74, 6) is 0.901. The molecule has 1 aliphatic carbocycles. The minimum atomic E-state index is -0.533. The molecular formula is C15H29N3O2. The fourth-order valence-corrected chi connectivity index (χ4v) is 3.45. The summed E-state index contributed by atoms with van der Waals surface area (Å²) in [7, 11) is 2.10. The van der Waals surface area contributed by atoms with Crippen LogP contribution in [0.5, 0.6) is 0 Å². The minimum absolute atomic E-state index is 0.194. The van der Waals surface area contributed by atoms with Crippen molar-refractivity contribution in [1.29, 1.82) is 0 Å². The second-order valence-corrected chi connectivity index (χ2v) is 6.39. The normalized spacial score (nSPS) is 23.8. The van der Waals surface area contributed by atoms with Gasteiger partial charge in [0, 0.05) is 26.3 Å². The maximum atomic E-state index is 12.0. The largest absolute Gasteiger partial charge is 0.381 e. The van der Waals surface area contributed by atoms with E-state index in [0.717, 1.165) is 58.5 Å². The van der Waals surface area contributed by atoms with Crippen molar-refractivity contribution in [1.82, 2.24) is 10.2 Å². The number of nitrogens with one attached hydrogen (secondary N) is 1. The number of likely N-dealkylation sites (N-methyl/N-ethyl adjacent to an activating group) is 2. The molecule has 3 N–H and O–H groups in total. The van der Waals surface area contributed by atoms with Crippen LogP contribution >= 0.6 is 0 Å². The van der Waals surface area contributed by atoms with E-state index < -0.39 is 5.54 Å². The summed E-state index contributed by atoms with van der Waals surface area (Å²) in [6.45, 7) is 6.31. The van der Waals surface area contributed by atoms with Crippen LogP contribution < -0.4 is 11.1 Å². The number of hydrogen-bond donors (Lipinski definition) is 2. The molecule has 2 fully saturated rings. The van der Waals surface area contributed by atoms with Crippen molar-refractivity contribution in [3.63, 3.8) is 0 Å². The molecule has 1 saturated carbocycles. The highest BCUT2D eigenvalue weighted by Gasteiger charge is 2.49. The molecule has 1 aliphatic heterocycles. The average molecular weight is 283 g/mol. The van der Waals surface area contributed by atoms with Gasteiger partial charge in [0.2, 0.25) is 5.91 Å². The van der Waals surface area contributed by atoms with Crippen molar-refractivity contribution in [3.8, 4) is 0 Å². The first kappa shape index (κ1) is 15.7. The lowest BCUT2D eigenvalue weighted by Crippen LogP contribution is -2.63. The van der Waals surface area contributed by atoms with Crippen molar-refractivity contribution in [3.05, 3.63) is 0 Å². The number of nitrogens with zero attached hydrogens (tertiary/aromatic N) is 1. The number of nitrogens with two attached hydrogens (primary N) is 1. The number of carbonyl (C=O) groups is 1. The summed E-state index contributed by atoms with van der Waals surface area (Å²) in [4.78, 5) is 14.3. The highest BCUT2D eigenvalue weighted by atomic mass is 16.5. The van der Waals surface area contributed by atoms with Crippen molar-refractivity contribution in [2.24, 2.45) is 17.6 Å². The van der Waals surface area contributed by atoms with E-state index in [0.29, 0.717) is 11.8 Å². The van der Waals surface area contributed by atoms with Gasteiger partial charge >= 0.3 is 0 Å². The third kappa shape index (κ3) is 3.71. The molecule has 1 saturated heterocycles. The molecule has 2 rings (SSSR count). The number of amides is 1. The molecule has 0 radical (unpaired) electrons. The van der Waals surface area contributed by atoms with Gasteiger partial charge in [0.25, 0.3) is 0 Å². The summed E-state index contributed by atoms with van der Waals surface area (Å²) in [6, 6.07) is 0. The molecule has 0 aromatic rings. The zero-order chi connectivity index (χ0) is 14.6. The lowest BCUT2D eigenvalue weighted by Gasteiger charge is -2.37. The van der Waals surface area contributed by atoms with Crippen molar-refractivity contribution >= 4 is 5.91 Å². The molecule has 2 aliphatic rings. The molecule has 0 bridgehead atoms. The zero-order valence-corrected chi connectivity index (χ0v) is 12.9. The monoisotopic (exact) mass is 283 g/mol. The number of ether oxygens (including phenoxy) is 1. The van der Waals surface area contributed by atoms with Gasteiger partial charge in [-0.1, -0.05) is 6.92 Å². The summed E-state index contributed by atoms with van der Waals surface area (Å²) in [5.41, 5.74) is 5.20. The molecule has 0 aromatic carbocycles. The van der Waals surface area contributed by atoms with E-state index in [2.05, 4.69) is 17.3 Å². The smallest absolute Gasteiger partial charge is 0.239 e. The van der Waals surface area contributed by atoms with E-state index in [4.69, 9.17) is 10.5 Å². The van der Waals surface area contributed by atoms with Gasteiger partial charge < -0.3 is 20.7 Å². The SMILES string of the molecule is CCNC(CN(C)CC1CCOCC1)(C(N)=O)C1CC1. The maximum absolute atomic E-state index is 12.0. The first-order valence-corrected chi connectivity index (χ1v) is 7.89. The lowest BCUT2D eigenvalue weighted by molar-refractivity contribution is -0.126. The second kappa shape index (κ2) is 6.87. The first-order valence-electron chi connectivity index (χ1n) is 7.89. The van der Waals surface area contributed by atoms with Crippen molar-refractivity contribution in [2.45, 2.75) is 38.1 Å². The summed E-state index contributed by atoms with van der Waals surface area (Å²) >= 11 is 0. The zero-order valence-electron chi connectivity index (χ0n) is 12.9. The molecular weight excluding hydrogens is 254 g/mol. The van der Waals surface area contributed by atoms with Crippen LogP contribution in [0.1, 0.15) is 32.6 Å². The van der Waals surface area contributed by atoms with E-state index in [1.54, 1.807) is 0 Å². The Morgan fingerprint density at radius 1 is 1.35 bits per heavy atom. The van der Waals surface area contributed by atoms with Crippen LogP contribution in [0.2, 0.25) is 0 Å². The number of carbonyl (C=O) groups excluding carboxylic acids is 1. The Bertz CT molecular complexity index is 327. The van der Waals surface area contributed by atoms with Gasteiger partial charge in [0.05, 0.1) is 0 Å². The molecule has 5 nitrogen and oxygen atoms in total. The maximum Gasteiger partial charge on any atom is 0.239 e. The van der Waals surface area contributed by atoms with E-state index in [-0.39, 0.29) is 5.91 Å². The fourth-order valence-electron chi connectivity index (χ4n) is 3.45.